The highest BCUT2D eigenvalue weighted by Crippen LogP contribution is 2.33. The smallest absolute Gasteiger partial charge is 0.345 e. The predicted octanol–water partition coefficient (Wildman–Crippen LogP) is 2.88. The predicted molar refractivity (Wildman–Crippen MR) is 64.0 cm³/mol. The van der Waals surface area contributed by atoms with Gasteiger partial charge in [0, 0.05) is 17.4 Å². The fourth-order valence-corrected chi connectivity index (χ4v) is 1.93. The molecule has 1 aromatic carbocycles. The van der Waals surface area contributed by atoms with Gasteiger partial charge in [-0.2, -0.15) is 0 Å². The number of aryl methyl sites for hydroxylation is 1. The minimum atomic E-state index is -0.872. The molecule has 80 valence electrons. The summed E-state index contributed by atoms with van der Waals surface area (Å²) in [6, 6.07) is 3.67. The molecule has 2 rings (SSSR count). The number of esters is 1. The number of benzene rings is 1. The van der Waals surface area contributed by atoms with Crippen molar-refractivity contribution >= 4 is 28.6 Å². The SMILES string of the molecule is Cc1cc2c(cc1I)C(=O)OC(C)(C)O2. The Hall–Kier alpha value is -0.780. The van der Waals surface area contributed by atoms with Gasteiger partial charge in [0.25, 0.3) is 0 Å². The summed E-state index contributed by atoms with van der Waals surface area (Å²) in [4.78, 5) is 11.7. The number of carbonyl (C=O) groups is 1. The Morgan fingerprint density at radius 1 is 1.27 bits per heavy atom. The summed E-state index contributed by atoms with van der Waals surface area (Å²) < 4.78 is 11.7. The normalized spacial score (nSPS) is 17.7. The first-order valence-corrected chi connectivity index (χ1v) is 5.69. The molecule has 1 aliphatic heterocycles. The first-order valence-electron chi connectivity index (χ1n) is 4.61. The number of cyclic esters (lactones) is 1. The first-order chi connectivity index (χ1) is 6.89. The van der Waals surface area contributed by atoms with Crippen LogP contribution in [0.1, 0.15) is 29.8 Å². The van der Waals surface area contributed by atoms with Gasteiger partial charge in [-0.25, -0.2) is 4.79 Å². The number of hydrogen-bond acceptors (Lipinski definition) is 3. The molecule has 0 radical (unpaired) electrons. The molecule has 0 aliphatic carbocycles. The van der Waals surface area contributed by atoms with E-state index in [1.165, 1.54) is 0 Å². The van der Waals surface area contributed by atoms with Gasteiger partial charge in [-0.15, -0.1) is 0 Å². The van der Waals surface area contributed by atoms with Crippen molar-refractivity contribution in [3.8, 4) is 5.75 Å². The van der Waals surface area contributed by atoms with E-state index < -0.39 is 5.79 Å². The quantitative estimate of drug-likeness (QED) is 0.545. The van der Waals surface area contributed by atoms with Gasteiger partial charge < -0.3 is 9.47 Å². The maximum atomic E-state index is 11.7. The molecule has 1 heterocycles. The first kappa shape index (κ1) is 10.7. The average molecular weight is 318 g/mol. The molecular weight excluding hydrogens is 307 g/mol. The van der Waals surface area contributed by atoms with Crippen LogP contribution in [0.5, 0.6) is 5.75 Å². The number of ether oxygens (including phenoxy) is 2. The van der Waals surface area contributed by atoms with E-state index in [1.54, 1.807) is 19.9 Å². The van der Waals surface area contributed by atoms with Gasteiger partial charge in [0.2, 0.25) is 5.79 Å². The van der Waals surface area contributed by atoms with Crippen LogP contribution in [-0.4, -0.2) is 11.8 Å². The molecule has 0 spiro atoms. The van der Waals surface area contributed by atoms with E-state index in [0.29, 0.717) is 11.3 Å². The van der Waals surface area contributed by atoms with Crippen LogP contribution in [0.2, 0.25) is 0 Å². The van der Waals surface area contributed by atoms with Gasteiger partial charge in [-0.3, -0.25) is 0 Å². The Balaban J connectivity index is 2.56. The lowest BCUT2D eigenvalue weighted by molar-refractivity contribution is -0.127. The standard InChI is InChI=1S/C11H11IO3/c1-6-4-9-7(5-8(6)12)10(13)15-11(2,3)14-9/h4-5H,1-3H3. The Morgan fingerprint density at radius 2 is 1.93 bits per heavy atom. The molecule has 0 aromatic heterocycles. The highest BCUT2D eigenvalue weighted by Gasteiger charge is 2.34. The molecule has 0 bridgehead atoms. The minimum absolute atomic E-state index is 0.320. The maximum Gasteiger partial charge on any atom is 0.345 e. The van der Waals surface area contributed by atoms with Crippen molar-refractivity contribution in [3.05, 3.63) is 26.8 Å². The molecule has 0 atom stereocenters. The summed E-state index contributed by atoms with van der Waals surface area (Å²) >= 11 is 2.19. The van der Waals surface area contributed by atoms with E-state index in [0.717, 1.165) is 9.13 Å². The van der Waals surface area contributed by atoms with Gasteiger partial charge >= 0.3 is 5.97 Å². The third kappa shape index (κ3) is 1.95. The molecule has 1 aromatic rings. The number of halogens is 1. The van der Waals surface area contributed by atoms with Crippen LogP contribution in [-0.2, 0) is 4.74 Å². The van der Waals surface area contributed by atoms with Crippen LogP contribution in [0.25, 0.3) is 0 Å². The van der Waals surface area contributed by atoms with E-state index in [-0.39, 0.29) is 5.97 Å². The van der Waals surface area contributed by atoms with Gasteiger partial charge in [0.1, 0.15) is 11.3 Å². The van der Waals surface area contributed by atoms with Gasteiger partial charge in [0.05, 0.1) is 0 Å². The van der Waals surface area contributed by atoms with E-state index in [9.17, 15) is 4.79 Å². The summed E-state index contributed by atoms with van der Waals surface area (Å²) in [7, 11) is 0. The second kappa shape index (κ2) is 3.37. The zero-order valence-electron chi connectivity index (χ0n) is 8.76. The second-order valence-electron chi connectivity index (χ2n) is 3.99. The van der Waals surface area contributed by atoms with Crippen molar-refractivity contribution in [2.45, 2.75) is 26.6 Å². The molecule has 0 saturated carbocycles. The monoisotopic (exact) mass is 318 g/mol. The largest absolute Gasteiger partial charge is 0.452 e. The van der Waals surface area contributed by atoms with Gasteiger partial charge in [0.15, 0.2) is 0 Å². The van der Waals surface area contributed by atoms with Crippen molar-refractivity contribution in [2.75, 3.05) is 0 Å². The molecule has 0 fully saturated rings. The number of fused-ring (bicyclic) bond motifs is 1. The van der Waals surface area contributed by atoms with Crippen LogP contribution < -0.4 is 4.74 Å². The summed E-state index contributed by atoms with van der Waals surface area (Å²) in [6.07, 6.45) is 0. The lowest BCUT2D eigenvalue weighted by atomic mass is 10.1. The summed E-state index contributed by atoms with van der Waals surface area (Å²) in [5.41, 5.74) is 1.60. The summed E-state index contributed by atoms with van der Waals surface area (Å²) in [5.74, 6) is -0.586. The molecule has 0 N–H and O–H groups in total. The van der Waals surface area contributed by atoms with Crippen molar-refractivity contribution in [2.24, 2.45) is 0 Å². The highest BCUT2D eigenvalue weighted by atomic mass is 127. The maximum absolute atomic E-state index is 11.7. The third-order valence-corrected chi connectivity index (χ3v) is 3.34. The van der Waals surface area contributed by atoms with Crippen LogP contribution in [0.3, 0.4) is 0 Å². The fourth-order valence-electron chi connectivity index (χ4n) is 1.46. The second-order valence-corrected chi connectivity index (χ2v) is 5.15. The fraction of sp³-hybridized carbons (Fsp3) is 0.364. The Morgan fingerprint density at radius 3 is 2.60 bits per heavy atom. The summed E-state index contributed by atoms with van der Waals surface area (Å²) in [6.45, 7) is 5.43. The molecule has 15 heavy (non-hydrogen) atoms. The molecule has 1 aliphatic rings. The molecule has 4 heteroatoms. The molecule has 0 unspecified atom stereocenters. The minimum Gasteiger partial charge on any atom is -0.452 e. The van der Waals surface area contributed by atoms with Crippen molar-refractivity contribution in [1.29, 1.82) is 0 Å². The third-order valence-electron chi connectivity index (χ3n) is 2.17. The van der Waals surface area contributed by atoms with Crippen molar-refractivity contribution in [1.82, 2.24) is 0 Å². The van der Waals surface area contributed by atoms with Gasteiger partial charge in [-0.05, 0) is 47.2 Å². The van der Waals surface area contributed by atoms with Crippen LogP contribution in [0.4, 0.5) is 0 Å². The van der Waals surface area contributed by atoms with E-state index in [2.05, 4.69) is 22.6 Å². The topological polar surface area (TPSA) is 35.5 Å². The van der Waals surface area contributed by atoms with E-state index in [1.807, 2.05) is 13.0 Å². The Kier molecular flexibility index (Phi) is 2.41. The lowest BCUT2D eigenvalue weighted by Crippen LogP contribution is -2.38. The van der Waals surface area contributed by atoms with Crippen molar-refractivity contribution in [3.63, 3.8) is 0 Å². The molecule has 0 amide bonds. The highest BCUT2D eigenvalue weighted by molar-refractivity contribution is 14.1. The van der Waals surface area contributed by atoms with E-state index in [4.69, 9.17) is 9.47 Å². The van der Waals surface area contributed by atoms with E-state index >= 15 is 0 Å². The van der Waals surface area contributed by atoms with Crippen molar-refractivity contribution < 1.29 is 14.3 Å². The number of carbonyl (C=O) groups excluding carboxylic acids is 1. The molecular formula is C11H11IO3. The molecule has 3 nitrogen and oxygen atoms in total. The van der Waals surface area contributed by atoms with Crippen LogP contribution in [0, 0.1) is 10.5 Å². The van der Waals surface area contributed by atoms with Crippen LogP contribution >= 0.6 is 22.6 Å². The number of hydrogen-bond donors (Lipinski definition) is 0. The number of rotatable bonds is 0. The lowest BCUT2D eigenvalue weighted by Gasteiger charge is -2.31. The zero-order valence-corrected chi connectivity index (χ0v) is 10.9. The zero-order chi connectivity index (χ0) is 11.2. The average Bonchev–Trinajstić information content (AvgIpc) is 2.07. The summed E-state index contributed by atoms with van der Waals surface area (Å²) in [5, 5.41) is 0. The van der Waals surface area contributed by atoms with Gasteiger partial charge in [-0.1, -0.05) is 0 Å². The molecule has 0 saturated heterocycles. The van der Waals surface area contributed by atoms with Crippen LogP contribution in [0.15, 0.2) is 12.1 Å². The Labute approximate surface area is 102 Å². The Bertz CT molecular complexity index is 438.